The Balaban J connectivity index is 2.32. The van der Waals surface area contributed by atoms with E-state index in [-0.39, 0.29) is 12.1 Å². The molecule has 22 heavy (non-hydrogen) atoms. The lowest BCUT2D eigenvalue weighted by molar-refractivity contribution is 0.0223. The van der Waals surface area contributed by atoms with Gasteiger partial charge in [0.05, 0.1) is 6.04 Å². The van der Waals surface area contributed by atoms with Crippen LogP contribution in [-0.4, -0.2) is 28.1 Å². The van der Waals surface area contributed by atoms with Crippen molar-refractivity contribution in [2.45, 2.75) is 65.0 Å². The van der Waals surface area contributed by atoms with E-state index in [0.29, 0.717) is 5.92 Å². The van der Waals surface area contributed by atoms with Gasteiger partial charge in [-0.15, -0.1) is 0 Å². The van der Waals surface area contributed by atoms with Crippen molar-refractivity contribution < 1.29 is 9.53 Å². The van der Waals surface area contributed by atoms with E-state index in [2.05, 4.69) is 34.8 Å². The van der Waals surface area contributed by atoms with Crippen molar-refractivity contribution in [2.75, 3.05) is 6.54 Å². The van der Waals surface area contributed by atoms with Gasteiger partial charge in [0.2, 0.25) is 0 Å². The maximum absolute atomic E-state index is 12.5. The first-order valence-electron chi connectivity index (χ1n) is 7.83. The molecule has 5 heteroatoms. The van der Waals surface area contributed by atoms with Gasteiger partial charge in [0, 0.05) is 23.4 Å². The fourth-order valence-corrected chi connectivity index (χ4v) is 3.77. The molecule has 1 aromatic rings. The molecule has 2 heterocycles. The van der Waals surface area contributed by atoms with Crippen molar-refractivity contribution in [1.82, 2.24) is 9.88 Å². The van der Waals surface area contributed by atoms with Crippen LogP contribution in [0.3, 0.4) is 0 Å². The highest BCUT2D eigenvalue weighted by Gasteiger charge is 2.35. The summed E-state index contributed by atoms with van der Waals surface area (Å²) in [6.07, 6.45) is 5.44. The maximum atomic E-state index is 12.5. The molecule has 1 amide bonds. The summed E-state index contributed by atoms with van der Waals surface area (Å²) in [5.41, 5.74) is 1.89. The molecule has 1 aliphatic heterocycles. The van der Waals surface area contributed by atoms with Crippen LogP contribution in [0.25, 0.3) is 0 Å². The van der Waals surface area contributed by atoms with Crippen molar-refractivity contribution in [3.05, 3.63) is 28.0 Å². The van der Waals surface area contributed by atoms with E-state index in [9.17, 15) is 4.79 Å². The van der Waals surface area contributed by atoms with Gasteiger partial charge in [-0.3, -0.25) is 4.98 Å². The zero-order valence-electron chi connectivity index (χ0n) is 14.0. The normalized spacial score (nSPS) is 18.9. The maximum Gasteiger partial charge on any atom is 0.410 e. The SMILES string of the molecule is CC(C)c1c(Br)cncc1C1CCCN1C(=O)OC(C)(C)C. The standard InChI is InChI=1S/C17H25BrN2O2/c1-11(2)15-12(9-19-10-13(15)18)14-7-6-8-20(14)16(21)22-17(3,4)5/h9-11,14H,6-8H2,1-5H3. The number of aromatic nitrogens is 1. The number of hydrogen-bond acceptors (Lipinski definition) is 3. The highest BCUT2D eigenvalue weighted by atomic mass is 79.9. The zero-order valence-corrected chi connectivity index (χ0v) is 15.6. The lowest BCUT2D eigenvalue weighted by atomic mass is 9.93. The third-order valence-corrected chi connectivity index (χ3v) is 4.42. The van der Waals surface area contributed by atoms with Crippen LogP contribution < -0.4 is 0 Å². The largest absolute Gasteiger partial charge is 0.444 e. The van der Waals surface area contributed by atoms with Gasteiger partial charge in [0.25, 0.3) is 0 Å². The minimum atomic E-state index is -0.472. The topological polar surface area (TPSA) is 42.4 Å². The molecule has 4 nitrogen and oxygen atoms in total. The first kappa shape index (κ1) is 17.3. The van der Waals surface area contributed by atoms with E-state index >= 15 is 0 Å². The number of rotatable bonds is 2. The second-order valence-electron chi connectivity index (χ2n) is 7.11. The van der Waals surface area contributed by atoms with Gasteiger partial charge in [-0.2, -0.15) is 0 Å². The van der Waals surface area contributed by atoms with E-state index in [4.69, 9.17) is 4.74 Å². The molecule has 1 fully saturated rings. The molecule has 0 aliphatic carbocycles. The number of nitrogens with zero attached hydrogens (tertiary/aromatic N) is 2. The Hall–Kier alpha value is -1.10. The van der Waals surface area contributed by atoms with Crippen molar-refractivity contribution in [3.8, 4) is 0 Å². The minimum Gasteiger partial charge on any atom is -0.444 e. The highest BCUT2D eigenvalue weighted by Crippen LogP contribution is 2.39. The van der Waals surface area contributed by atoms with Crippen LogP contribution >= 0.6 is 15.9 Å². The molecular weight excluding hydrogens is 344 g/mol. The van der Waals surface area contributed by atoms with Crippen LogP contribution in [0.5, 0.6) is 0 Å². The molecule has 0 radical (unpaired) electrons. The number of carbonyl (C=O) groups excluding carboxylic acids is 1. The predicted molar refractivity (Wildman–Crippen MR) is 90.9 cm³/mol. The molecule has 1 saturated heterocycles. The third kappa shape index (κ3) is 3.80. The number of carbonyl (C=O) groups is 1. The van der Waals surface area contributed by atoms with Crippen molar-refractivity contribution in [3.63, 3.8) is 0 Å². The van der Waals surface area contributed by atoms with E-state index in [1.54, 1.807) is 0 Å². The Labute approximate surface area is 141 Å². The Morgan fingerprint density at radius 2 is 2.09 bits per heavy atom. The first-order valence-corrected chi connectivity index (χ1v) is 8.63. The Morgan fingerprint density at radius 3 is 2.68 bits per heavy atom. The zero-order chi connectivity index (χ0) is 16.5. The average molecular weight is 369 g/mol. The predicted octanol–water partition coefficient (Wildman–Crippen LogP) is 5.04. The second-order valence-corrected chi connectivity index (χ2v) is 7.97. The minimum absolute atomic E-state index is 0.0530. The van der Waals surface area contributed by atoms with E-state index in [0.717, 1.165) is 29.4 Å². The smallest absolute Gasteiger partial charge is 0.410 e. The van der Waals surface area contributed by atoms with Crippen molar-refractivity contribution in [2.24, 2.45) is 0 Å². The summed E-state index contributed by atoms with van der Waals surface area (Å²) in [6.45, 7) is 10.8. The fraction of sp³-hybridized carbons (Fsp3) is 0.647. The molecule has 1 aliphatic rings. The molecular formula is C17H25BrN2O2. The van der Waals surface area contributed by atoms with Gasteiger partial charge < -0.3 is 9.64 Å². The number of ether oxygens (including phenoxy) is 1. The lowest BCUT2D eigenvalue weighted by Crippen LogP contribution is -2.36. The number of amides is 1. The number of likely N-dealkylation sites (tertiary alicyclic amines) is 1. The number of hydrogen-bond donors (Lipinski definition) is 0. The molecule has 0 spiro atoms. The first-order chi connectivity index (χ1) is 10.2. The summed E-state index contributed by atoms with van der Waals surface area (Å²) >= 11 is 3.60. The van der Waals surface area contributed by atoms with Gasteiger partial charge >= 0.3 is 6.09 Å². The molecule has 1 unspecified atom stereocenters. The van der Waals surface area contributed by atoms with Crippen LogP contribution in [0, 0.1) is 0 Å². The van der Waals surface area contributed by atoms with Gasteiger partial charge in [0.1, 0.15) is 5.60 Å². The van der Waals surface area contributed by atoms with Crippen molar-refractivity contribution in [1.29, 1.82) is 0 Å². The number of pyridine rings is 1. The third-order valence-electron chi connectivity index (χ3n) is 3.79. The molecule has 0 aromatic carbocycles. The Kier molecular flexibility index (Phi) is 5.15. The molecule has 1 atom stereocenters. The quantitative estimate of drug-likeness (QED) is 0.734. The molecule has 1 aromatic heterocycles. The Morgan fingerprint density at radius 1 is 1.41 bits per heavy atom. The van der Waals surface area contributed by atoms with Crippen LogP contribution in [0.15, 0.2) is 16.9 Å². The summed E-state index contributed by atoms with van der Waals surface area (Å²) in [5.74, 6) is 0.369. The highest BCUT2D eigenvalue weighted by molar-refractivity contribution is 9.10. The van der Waals surface area contributed by atoms with Gasteiger partial charge in [-0.1, -0.05) is 13.8 Å². The van der Waals surface area contributed by atoms with Crippen molar-refractivity contribution >= 4 is 22.0 Å². The van der Waals surface area contributed by atoms with Gasteiger partial charge in [-0.25, -0.2) is 4.79 Å². The van der Waals surface area contributed by atoms with Gasteiger partial charge in [0.15, 0.2) is 0 Å². The average Bonchev–Trinajstić information content (AvgIpc) is 2.84. The molecule has 122 valence electrons. The fourth-order valence-electron chi connectivity index (χ4n) is 2.96. The Bertz CT molecular complexity index is 552. The number of halogens is 1. The van der Waals surface area contributed by atoms with Crippen LogP contribution in [0.4, 0.5) is 4.79 Å². The molecule has 0 N–H and O–H groups in total. The second kappa shape index (κ2) is 6.57. The van der Waals surface area contributed by atoms with Crippen LogP contribution in [-0.2, 0) is 4.74 Å². The summed E-state index contributed by atoms with van der Waals surface area (Å²) in [4.78, 5) is 18.6. The van der Waals surface area contributed by atoms with Crippen LogP contribution in [0.1, 0.15) is 70.5 Å². The van der Waals surface area contributed by atoms with Gasteiger partial charge in [-0.05, 0) is 66.6 Å². The summed E-state index contributed by atoms with van der Waals surface area (Å²) in [6, 6.07) is 0.0530. The monoisotopic (exact) mass is 368 g/mol. The van der Waals surface area contributed by atoms with E-state index < -0.39 is 5.60 Å². The molecule has 0 bridgehead atoms. The van der Waals surface area contributed by atoms with E-state index in [1.165, 1.54) is 5.56 Å². The lowest BCUT2D eigenvalue weighted by Gasteiger charge is -2.30. The van der Waals surface area contributed by atoms with Crippen LogP contribution in [0.2, 0.25) is 0 Å². The molecule has 0 saturated carbocycles. The molecule has 2 rings (SSSR count). The summed E-state index contributed by atoms with van der Waals surface area (Å²) in [7, 11) is 0. The summed E-state index contributed by atoms with van der Waals surface area (Å²) in [5, 5.41) is 0. The summed E-state index contributed by atoms with van der Waals surface area (Å²) < 4.78 is 6.57. The van der Waals surface area contributed by atoms with E-state index in [1.807, 2.05) is 38.1 Å².